The molecule has 0 aliphatic rings. The summed E-state index contributed by atoms with van der Waals surface area (Å²) >= 11 is 0. The average molecular weight is 373 g/mol. The molecule has 26 heavy (non-hydrogen) atoms. The van der Waals surface area contributed by atoms with Crippen LogP contribution in [-0.4, -0.2) is 71.2 Å². The number of carbonyl (C=O) groups is 2. The van der Waals surface area contributed by atoms with Gasteiger partial charge in [-0.05, 0) is 12.8 Å². The van der Waals surface area contributed by atoms with Gasteiger partial charge in [-0.25, -0.2) is 0 Å². The highest BCUT2D eigenvalue weighted by Gasteiger charge is 2.17. The van der Waals surface area contributed by atoms with Crippen molar-refractivity contribution in [3.63, 3.8) is 0 Å². The van der Waals surface area contributed by atoms with Crippen LogP contribution in [0.5, 0.6) is 0 Å². The molecule has 0 aliphatic heterocycles. The predicted octanol–water partition coefficient (Wildman–Crippen LogP) is 2.57. The lowest BCUT2D eigenvalue weighted by atomic mass is 10.1. The van der Waals surface area contributed by atoms with E-state index in [1.807, 2.05) is 0 Å². The molecular formula is C20H40N2O4. The summed E-state index contributed by atoms with van der Waals surface area (Å²) in [5.74, 6) is 0.0731. The summed E-state index contributed by atoms with van der Waals surface area (Å²) in [5, 5.41) is 18.5. The molecular weight excluding hydrogens is 332 g/mol. The zero-order valence-corrected chi connectivity index (χ0v) is 16.9. The first kappa shape index (κ1) is 24.9. The van der Waals surface area contributed by atoms with Crippen LogP contribution in [0.4, 0.5) is 0 Å². The Labute approximate surface area is 159 Å². The summed E-state index contributed by atoms with van der Waals surface area (Å²) in [6, 6.07) is 0. The molecule has 0 aromatic heterocycles. The van der Waals surface area contributed by atoms with Crippen molar-refractivity contribution in [2.24, 2.45) is 0 Å². The number of amides is 2. The van der Waals surface area contributed by atoms with Crippen molar-refractivity contribution >= 4 is 11.8 Å². The molecule has 0 aromatic rings. The van der Waals surface area contributed by atoms with Gasteiger partial charge in [0, 0.05) is 39.0 Å². The number of aliphatic hydroxyl groups is 2. The molecule has 0 saturated heterocycles. The van der Waals surface area contributed by atoms with Crippen LogP contribution >= 0.6 is 0 Å². The fraction of sp³-hybridized carbons (Fsp3) is 0.900. The largest absolute Gasteiger partial charge is 0.395 e. The smallest absolute Gasteiger partial charge is 0.222 e. The number of aliphatic hydroxyl groups excluding tert-OH is 2. The fourth-order valence-corrected chi connectivity index (χ4v) is 2.93. The number of nitrogens with zero attached hydrogens (tertiary/aromatic N) is 2. The van der Waals surface area contributed by atoms with Crippen molar-refractivity contribution in [2.75, 3.05) is 39.4 Å². The van der Waals surface area contributed by atoms with Crippen molar-refractivity contribution < 1.29 is 19.8 Å². The summed E-state index contributed by atoms with van der Waals surface area (Å²) in [4.78, 5) is 28.0. The van der Waals surface area contributed by atoms with E-state index in [1.54, 1.807) is 9.80 Å². The summed E-state index contributed by atoms with van der Waals surface area (Å²) < 4.78 is 0. The van der Waals surface area contributed by atoms with Crippen molar-refractivity contribution in [1.82, 2.24) is 9.80 Å². The number of rotatable bonds is 17. The van der Waals surface area contributed by atoms with E-state index in [-0.39, 0.29) is 25.0 Å². The lowest BCUT2D eigenvalue weighted by Gasteiger charge is -2.27. The van der Waals surface area contributed by atoms with Crippen molar-refractivity contribution in [1.29, 1.82) is 0 Å². The van der Waals surface area contributed by atoms with Gasteiger partial charge >= 0.3 is 0 Å². The lowest BCUT2D eigenvalue weighted by Crippen LogP contribution is -2.43. The van der Waals surface area contributed by atoms with E-state index in [2.05, 4.69) is 13.8 Å². The Bertz CT molecular complexity index is 330. The molecule has 0 aromatic carbocycles. The number of hydrogen-bond donors (Lipinski definition) is 2. The Morgan fingerprint density at radius 2 is 1.00 bits per heavy atom. The monoisotopic (exact) mass is 372 g/mol. The second-order valence-corrected chi connectivity index (χ2v) is 6.83. The van der Waals surface area contributed by atoms with Gasteiger partial charge in [-0.15, -0.1) is 0 Å². The summed E-state index contributed by atoms with van der Waals surface area (Å²) in [6.45, 7) is 5.53. The third-order valence-electron chi connectivity index (χ3n) is 4.57. The molecule has 0 unspecified atom stereocenters. The van der Waals surface area contributed by atoms with Gasteiger partial charge in [0.15, 0.2) is 0 Å². The highest BCUT2D eigenvalue weighted by Crippen LogP contribution is 2.08. The van der Waals surface area contributed by atoms with E-state index in [1.165, 1.54) is 0 Å². The molecule has 6 heteroatoms. The maximum Gasteiger partial charge on any atom is 0.222 e. The molecule has 0 spiro atoms. The molecule has 0 atom stereocenters. The highest BCUT2D eigenvalue weighted by molar-refractivity contribution is 5.77. The third-order valence-corrected chi connectivity index (χ3v) is 4.57. The van der Waals surface area contributed by atoms with Crippen LogP contribution in [0.3, 0.4) is 0 Å². The highest BCUT2D eigenvalue weighted by atomic mass is 16.3. The van der Waals surface area contributed by atoms with E-state index in [0.717, 1.165) is 51.4 Å². The molecule has 0 heterocycles. The van der Waals surface area contributed by atoms with E-state index in [9.17, 15) is 19.8 Å². The molecule has 6 nitrogen and oxygen atoms in total. The van der Waals surface area contributed by atoms with Crippen molar-refractivity contribution in [3.8, 4) is 0 Å². The topological polar surface area (TPSA) is 81.1 Å². The van der Waals surface area contributed by atoms with E-state index < -0.39 is 0 Å². The van der Waals surface area contributed by atoms with E-state index in [0.29, 0.717) is 39.0 Å². The molecule has 0 saturated carbocycles. The van der Waals surface area contributed by atoms with Gasteiger partial charge in [-0.3, -0.25) is 9.59 Å². The molecule has 0 aliphatic carbocycles. The second-order valence-electron chi connectivity index (χ2n) is 6.83. The first-order chi connectivity index (χ1) is 12.6. The first-order valence-electron chi connectivity index (χ1n) is 10.4. The number of carbonyl (C=O) groups excluding carboxylic acids is 2. The Morgan fingerprint density at radius 3 is 1.31 bits per heavy atom. The van der Waals surface area contributed by atoms with Crippen LogP contribution in [0.1, 0.15) is 78.1 Å². The normalized spacial score (nSPS) is 10.8. The fourth-order valence-electron chi connectivity index (χ4n) is 2.93. The molecule has 0 radical (unpaired) electrons. The Kier molecular flexibility index (Phi) is 16.5. The molecule has 0 rings (SSSR count). The van der Waals surface area contributed by atoms with Gasteiger partial charge in [-0.1, -0.05) is 52.4 Å². The van der Waals surface area contributed by atoms with Gasteiger partial charge in [0.2, 0.25) is 11.8 Å². The minimum atomic E-state index is -0.0777. The van der Waals surface area contributed by atoms with Gasteiger partial charge in [0.1, 0.15) is 0 Å². The number of unbranched alkanes of at least 4 members (excludes halogenated alkanes) is 6. The Balaban J connectivity index is 4.42. The van der Waals surface area contributed by atoms with E-state index in [4.69, 9.17) is 0 Å². The molecule has 2 N–H and O–H groups in total. The number of hydrogen-bond acceptors (Lipinski definition) is 4. The summed E-state index contributed by atoms with van der Waals surface area (Å²) in [7, 11) is 0. The maximum atomic E-state index is 12.3. The molecule has 0 bridgehead atoms. The minimum Gasteiger partial charge on any atom is -0.395 e. The van der Waals surface area contributed by atoms with Gasteiger partial charge in [0.25, 0.3) is 0 Å². The average Bonchev–Trinajstić information content (AvgIpc) is 2.64. The first-order valence-corrected chi connectivity index (χ1v) is 10.4. The molecule has 154 valence electrons. The summed E-state index contributed by atoms with van der Waals surface area (Å²) in [6.07, 6.45) is 9.32. The zero-order valence-electron chi connectivity index (χ0n) is 16.9. The summed E-state index contributed by atoms with van der Waals surface area (Å²) in [5.41, 5.74) is 0. The van der Waals surface area contributed by atoms with Gasteiger partial charge in [0.05, 0.1) is 13.2 Å². The molecule has 2 amide bonds. The van der Waals surface area contributed by atoms with Gasteiger partial charge < -0.3 is 20.0 Å². The van der Waals surface area contributed by atoms with Crippen molar-refractivity contribution in [3.05, 3.63) is 0 Å². The molecule has 0 fully saturated rings. The quantitative estimate of drug-likeness (QED) is 0.385. The standard InChI is InChI=1S/C20H40N2O4/c1-3-5-7-9-11-19(25)21(15-17-23)13-14-22(16-18-24)20(26)12-10-8-6-4-2/h23-24H,3-18H2,1-2H3. The van der Waals surface area contributed by atoms with Crippen molar-refractivity contribution in [2.45, 2.75) is 78.1 Å². The van der Waals surface area contributed by atoms with Crippen LogP contribution < -0.4 is 0 Å². The maximum absolute atomic E-state index is 12.3. The Hall–Kier alpha value is -1.14. The van der Waals surface area contributed by atoms with Crippen LogP contribution in [-0.2, 0) is 9.59 Å². The van der Waals surface area contributed by atoms with Gasteiger partial charge in [-0.2, -0.15) is 0 Å². The lowest BCUT2D eigenvalue weighted by molar-refractivity contribution is -0.136. The van der Waals surface area contributed by atoms with Crippen LogP contribution in [0.25, 0.3) is 0 Å². The zero-order chi connectivity index (χ0) is 19.6. The van der Waals surface area contributed by atoms with Crippen LogP contribution in [0.15, 0.2) is 0 Å². The van der Waals surface area contributed by atoms with E-state index >= 15 is 0 Å². The SMILES string of the molecule is CCCCCCC(=O)N(CCO)CCN(CCO)C(=O)CCCCCC. The van der Waals surface area contributed by atoms with Crippen LogP contribution in [0.2, 0.25) is 0 Å². The minimum absolute atomic E-state index is 0.0366. The Morgan fingerprint density at radius 1 is 0.615 bits per heavy atom. The third kappa shape index (κ3) is 12.3. The second kappa shape index (κ2) is 17.3. The predicted molar refractivity (Wildman–Crippen MR) is 105 cm³/mol. The van der Waals surface area contributed by atoms with Crippen LogP contribution in [0, 0.1) is 0 Å².